The van der Waals surface area contributed by atoms with Gasteiger partial charge in [-0.1, -0.05) is 33.1 Å². The molecular weight excluding hydrogens is 204 g/mol. The summed E-state index contributed by atoms with van der Waals surface area (Å²) >= 11 is 1.82. The molecule has 1 rings (SSSR count). The summed E-state index contributed by atoms with van der Waals surface area (Å²) in [5.74, 6) is 5.63. The van der Waals surface area contributed by atoms with Crippen LogP contribution in [0.1, 0.15) is 56.0 Å². The van der Waals surface area contributed by atoms with Gasteiger partial charge in [0.2, 0.25) is 0 Å². The Morgan fingerprint density at radius 1 is 1.40 bits per heavy atom. The van der Waals surface area contributed by atoms with E-state index in [2.05, 4.69) is 30.7 Å². The molecular formula is C12H22N2S. The van der Waals surface area contributed by atoms with Crippen molar-refractivity contribution in [2.45, 2.75) is 52.0 Å². The van der Waals surface area contributed by atoms with E-state index in [4.69, 9.17) is 5.84 Å². The summed E-state index contributed by atoms with van der Waals surface area (Å²) in [6.45, 7) is 4.43. The van der Waals surface area contributed by atoms with Crippen LogP contribution < -0.4 is 11.3 Å². The number of hydrogen-bond donors (Lipinski definition) is 2. The highest BCUT2D eigenvalue weighted by atomic mass is 32.1. The first kappa shape index (κ1) is 12.7. The van der Waals surface area contributed by atoms with Crippen molar-refractivity contribution in [1.82, 2.24) is 5.43 Å². The monoisotopic (exact) mass is 226 g/mol. The van der Waals surface area contributed by atoms with Gasteiger partial charge < -0.3 is 0 Å². The lowest BCUT2D eigenvalue weighted by Gasteiger charge is -2.15. The molecule has 1 aromatic rings. The Morgan fingerprint density at radius 3 is 2.80 bits per heavy atom. The molecule has 0 amide bonds. The van der Waals surface area contributed by atoms with Crippen molar-refractivity contribution < 1.29 is 0 Å². The molecule has 15 heavy (non-hydrogen) atoms. The summed E-state index contributed by atoms with van der Waals surface area (Å²) in [5.41, 5.74) is 4.39. The van der Waals surface area contributed by atoms with Crippen LogP contribution in [0.2, 0.25) is 0 Å². The number of nitrogens with two attached hydrogens (primary N) is 1. The number of unbranched alkanes of at least 4 members (excludes halogenated alkanes) is 2. The zero-order valence-electron chi connectivity index (χ0n) is 9.75. The Labute approximate surface area is 96.9 Å². The van der Waals surface area contributed by atoms with Crippen LogP contribution in [0.15, 0.2) is 11.4 Å². The fourth-order valence-corrected chi connectivity index (χ4v) is 2.93. The Morgan fingerprint density at radius 2 is 2.20 bits per heavy atom. The van der Waals surface area contributed by atoms with Crippen molar-refractivity contribution in [3.8, 4) is 0 Å². The van der Waals surface area contributed by atoms with Gasteiger partial charge in [0.15, 0.2) is 0 Å². The third kappa shape index (κ3) is 3.59. The molecule has 3 N–H and O–H groups in total. The minimum absolute atomic E-state index is 0.353. The number of hydrogen-bond acceptors (Lipinski definition) is 3. The number of hydrazine groups is 1. The lowest BCUT2D eigenvalue weighted by molar-refractivity contribution is 0.491. The van der Waals surface area contributed by atoms with Gasteiger partial charge in [0.25, 0.3) is 0 Å². The van der Waals surface area contributed by atoms with E-state index in [9.17, 15) is 0 Å². The van der Waals surface area contributed by atoms with Gasteiger partial charge in [0, 0.05) is 4.88 Å². The Hall–Kier alpha value is -0.380. The van der Waals surface area contributed by atoms with Crippen LogP contribution in [0, 0.1) is 0 Å². The number of aryl methyl sites for hydroxylation is 1. The lowest BCUT2D eigenvalue weighted by Crippen LogP contribution is -2.27. The van der Waals surface area contributed by atoms with Gasteiger partial charge in [-0.25, -0.2) is 0 Å². The van der Waals surface area contributed by atoms with E-state index >= 15 is 0 Å². The number of nitrogens with one attached hydrogen (secondary N) is 1. The molecule has 2 nitrogen and oxygen atoms in total. The molecule has 1 atom stereocenters. The molecule has 1 aromatic heterocycles. The van der Waals surface area contributed by atoms with Crippen LogP contribution in [-0.4, -0.2) is 0 Å². The second kappa shape index (κ2) is 6.99. The minimum atomic E-state index is 0.353. The van der Waals surface area contributed by atoms with Gasteiger partial charge in [-0.3, -0.25) is 11.3 Å². The third-order valence-electron chi connectivity index (χ3n) is 2.78. The highest BCUT2D eigenvalue weighted by Gasteiger charge is 2.13. The summed E-state index contributed by atoms with van der Waals surface area (Å²) < 4.78 is 0. The fraction of sp³-hybridized carbons (Fsp3) is 0.667. The Balaban J connectivity index is 2.57. The largest absolute Gasteiger partial charge is 0.271 e. The summed E-state index contributed by atoms with van der Waals surface area (Å²) in [4.78, 5) is 1.43. The molecule has 0 bridgehead atoms. The van der Waals surface area contributed by atoms with E-state index in [1.165, 1.54) is 29.7 Å². The second-order valence-corrected chi connectivity index (χ2v) is 4.83. The van der Waals surface area contributed by atoms with E-state index in [0.717, 1.165) is 12.8 Å². The zero-order valence-corrected chi connectivity index (χ0v) is 10.6. The lowest BCUT2D eigenvalue weighted by atomic mass is 10.0. The number of rotatable bonds is 7. The van der Waals surface area contributed by atoms with Crippen LogP contribution in [0.3, 0.4) is 0 Å². The fourth-order valence-electron chi connectivity index (χ4n) is 1.83. The average molecular weight is 226 g/mol. The summed E-state index contributed by atoms with van der Waals surface area (Å²) in [6, 6.07) is 2.57. The molecule has 86 valence electrons. The minimum Gasteiger partial charge on any atom is -0.271 e. The average Bonchev–Trinajstić information content (AvgIpc) is 2.72. The molecule has 1 unspecified atom stereocenters. The van der Waals surface area contributed by atoms with Gasteiger partial charge in [0.1, 0.15) is 0 Å². The maximum Gasteiger partial charge on any atom is 0.0556 e. The van der Waals surface area contributed by atoms with Crippen molar-refractivity contribution >= 4 is 11.3 Å². The van der Waals surface area contributed by atoms with Crippen LogP contribution in [-0.2, 0) is 6.42 Å². The van der Waals surface area contributed by atoms with Crippen molar-refractivity contribution in [2.24, 2.45) is 5.84 Å². The van der Waals surface area contributed by atoms with Crippen LogP contribution in [0.4, 0.5) is 0 Å². The summed E-state index contributed by atoms with van der Waals surface area (Å²) in [7, 11) is 0. The smallest absolute Gasteiger partial charge is 0.0556 e. The van der Waals surface area contributed by atoms with Crippen molar-refractivity contribution in [3.63, 3.8) is 0 Å². The van der Waals surface area contributed by atoms with E-state index < -0.39 is 0 Å². The molecule has 1 heterocycles. The predicted molar refractivity (Wildman–Crippen MR) is 67.9 cm³/mol. The standard InChI is InChI=1S/C12H22N2S/c1-3-5-6-7-11(14-13)12-10(4-2)8-9-15-12/h8-9,11,14H,3-7,13H2,1-2H3. The van der Waals surface area contributed by atoms with Crippen molar-refractivity contribution in [2.75, 3.05) is 0 Å². The van der Waals surface area contributed by atoms with Gasteiger partial charge in [0.05, 0.1) is 6.04 Å². The van der Waals surface area contributed by atoms with Crippen molar-refractivity contribution in [1.29, 1.82) is 0 Å². The third-order valence-corrected chi connectivity index (χ3v) is 3.85. The van der Waals surface area contributed by atoms with E-state index in [1.807, 2.05) is 11.3 Å². The SMILES string of the molecule is CCCCCC(NN)c1sccc1CC. The topological polar surface area (TPSA) is 38.0 Å². The molecule has 0 aliphatic heterocycles. The first-order valence-electron chi connectivity index (χ1n) is 5.85. The second-order valence-electron chi connectivity index (χ2n) is 3.88. The quantitative estimate of drug-likeness (QED) is 0.425. The molecule has 3 heteroatoms. The van der Waals surface area contributed by atoms with E-state index in [0.29, 0.717) is 6.04 Å². The van der Waals surface area contributed by atoms with Crippen LogP contribution in [0.5, 0.6) is 0 Å². The van der Waals surface area contributed by atoms with Crippen LogP contribution >= 0.6 is 11.3 Å². The molecule has 0 spiro atoms. The molecule has 0 fully saturated rings. The van der Waals surface area contributed by atoms with Gasteiger partial charge in [-0.15, -0.1) is 11.3 Å². The highest BCUT2D eigenvalue weighted by Crippen LogP contribution is 2.28. The maximum atomic E-state index is 5.63. The maximum absolute atomic E-state index is 5.63. The highest BCUT2D eigenvalue weighted by molar-refractivity contribution is 7.10. The first-order chi connectivity index (χ1) is 7.33. The molecule has 0 aromatic carbocycles. The van der Waals surface area contributed by atoms with Gasteiger partial charge in [-0.05, 0) is 29.9 Å². The molecule has 0 aliphatic carbocycles. The summed E-state index contributed by atoms with van der Waals surface area (Å²) in [6.07, 6.45) is 6.07. The molecule has 0 saturated heterocycles. The predicted octanol–water partition coefficient (Wildman–Crippen LogP) is 3.40. The molecule has 0 radical (unpaired) electrons. The Bertz CT molecular complexity index is 270. The Kier molecular flexibility index (Phi) is 5.91. The molecule has 0 saturated carbocycles. The van der Waals surface area contributed by atoms with Gasteiger partial charge >= 0.3 is 0 Å². The number of thiophene rings is 1. The molecule has 0 aliphatic rings. The van der Waals surface area contributed by atoms with E-state index in [-0.39, 0.29) is 0 Å². The normalized spacial score (nSPS) is 13.0. The zero-order chi connectivity index (χ0) is 11.1. The van der Waals surface area contributed by atoms with E-state index in [1.54, 1.807) is 0 Å². The van der Waals surface area contributed by atoms with Crippen molar-refractivity contribution in [3.05, 3.63) is 21.9 Å². The van der Waals surface area contributed by atoms with Gasteiger partial charge in [-0.2, -0.15) is 0 Å². The summed E-state index contributed by atoms with van der Waals surface area (Å²) in [5, 5.41) is 2.17. The van der Waals surface area contributed by atoms with Crippen LogP contribution in [0.25, 0.3) is 0 Å². The first-order valence-corrected chi connectivity index (χ1v) is 6.73.